The Morgan fingerprint density at radius 3 is 2.60 bits per heavy atom. The zero-order valence-corrected chi connectivity index (χ0v) is 11.7. The molecule has 1 aliphatic rings. The molecule has 1 saturated carbocycles. The summed E-state index contributed by atoms with van der Waals surface area (Å²) in [6, 6.07) is 4.25. The lowest BCUT2D eigenvalue weighted by Crippen LogP contribution is -2.38. The maximum absolute atomic E-state index is 12.5. The summed E-state index contributed by atoms with van der Waals surface area (Å²) >= 11 is 0. The summed E-state index contributed by atoms with van der Waals surface area (Å²) < 4.78 is 0. The number of nitrogen functional groups attached to an aromatic ring is 1. The number of nitro benzene ring substituents is 1. The van der Waals surface area contributed by atoms with Gasteiger partial charge in [0.25, 0.3) is 11.6 Å². The molecule has 0 heterocycles. The van der Waals surface area contributed by atoms with E-state index in [1.165, 1.54) is 31.0 Å². The molecule has 1 aromatic carbocycles. The first-order valence-corrected chi connectivity index (χ1v) is 6.75. The van der Waals surface area contributed by atoms with Crippen molar-refractivity contribution in [1.82, 2.24) is 4.90 Å². The number of carbonyl (C=O) groups is 1. The van der Waals surface area contributed by atoms with Gasteiger partial charge in [-0.05, 0) is 44.7 Å². The van der Waals surface area contributed by atoms with Gasteiger partial charge in [0.1, 0.15) is 5.69 Å². The SMILES string of the molecule is CC(C)N(CC1CC1)C(=O)c1ccc([N+](=O)[O-])c(N)c1. The summed E-state index contributed by atoms with van der Waals surface area (Å²) in [6.45, 7) is 4.68. The van der Waals surface area contributed by atoms with Gasteiger partial charge in [0.05, 0.1) is 4.92 Å². The molecule has 108 valence electrons. The van der Waals surface area contributed by atoms with Crippen molar-refractivity contribution >= 4 is 17.3 Å². The number of amides is 1. The van der Waals surface area contributed by atoms with Crippen molar-refractivity contribution in [1.29, 1.82) is 0 Å². The van der Waals surface area contributed by atoms with Gasteiger partial charge in [-0.25, -0.2) is 0 Å². The molecule has 1 fully saturated rings. The lowest BCUT2D eigenvalue weighted by molar-refractivity contribution is -0.383. The van der Waals surface area contributed by atoms with Crippen LogP contribution >= 0.6 is 0 Å². The smallest absolute Gasteiger partial charge is 0.292 e. The number of hydrogen-bond acceptors (Lipinski definition) is 4. The first kappa shape index (κ1) is 14.3. The molecule has 1 aromatic rings. The number of nitro groups is 1. The third-order valence-corrected chi connectivity index (χ3v) is 3.51. The summed E-state index contributed by atoms with van der Waals surface area (Å²) in [5.74, 6) is 0.477. The summed E-state index contributed by atoms with van der Waals surface area (Å²) in [6.07, 6.45) is 2.33. The number of benzene rings is 1. The fourth-order valence-corrected chi connectivity index (χ4v) is 2.13. The highest BCUT2D eigenvalue weighted by atomic mass is 16.6. The molecule has 0 spiro atoms. The molecule has 0 aliphatic heterocycles. The highest BCUT2D eigenvalue weighted by Gasteiger charge is 2.29. The number of carbonyl (C=O) groups excluding carboxylic acids is 1. The summed E-state index contributed by atoms with van der Waals surface area (Å²) in [5, 5.41) is 10.7. The van der Waals surface area contributed by atoms with E-state index in [2.05, 4.69) is 0 Å². The van der Waals surface area contributed by atoms with Gasteiger partial charge in [0.15, 0.2) is 0 Å². The van der Waals surface area contributed by atoms with Crippen LogP contribution in [0.1, 0.15) is 37.0 Å². The standard InChI is InChI=1S/C14H19N3O3/c1-9(2)16(8-10-3-4-10)14(18)11-5-6-13(17(19)20)12(15)7-11/h5-7,9-10H,3-4,8,15H2,1-2H3. The molecule has 0 radical (unpaired) electrons. The van der Waals surface area contributed by atoms with E-state index in [9.17, 15) is 14.9 Å². The second-order valence-corrected chi connectivity index (χ2v) is 5.53. The van der Waals surface area contributed by atoms with E-state index in [0.717, 1.165) is 6.54 Å². The molecular formula is C14H19N3O3. The predicted molar refractivity (Wildman–Crippen MR) is 76.4 cm³/mol. The number of hydrogen-bond donors (Lipinski definition) is 1. The topological polar surface area (TPSA) is 89.5 Å². The quantitative estimate of drug-likeness (QED) is 0.508. The van der Waals surface area contributed by atoms with Crippen LogP contribution in [0, 0.1) is 16.0 Å². The Morgan fingerprint density at radius 2 is 2.15 bits per heavy atom. The molecule has 0 saturated heterocycles. The first-order chi connectivity index (χ1) is 9.40. The van der Waals surface area contributed by atoms with E-state index in [1.54, 1.807) is 4.90 Å². The van der Waals surface area contributed by atoms with Crippen molar-refractivity contribution < 1.29 is 9.72 Å². The molecule has 1 aliphatic carbocycles. The van der Waals surface area contributed by atoms with E-state index in [4.69, 9.17) is 5.73 Å². The first-order valence-electron chi connectivity index (χ1n) is 6.75. The van der Waals surface area contributed by atoms with E-state index < -0.39 is 4.92 Å². The molecule has 0 aromatic heterocycles. The van der Waals surface area contributed by atoms with E-state index in [0.29, 0.717) is 11.5 Å². The lowest BCUT2D eigenvalue weighted by Gasteiger charge is -2.27. The normalized spacial score (nSPS) is 14.3. The van der Waals surface area contributed by atoms with E-state index in [1.807, 2.05) is 13.8 Å². The Kier molecular flexibility index (Phi) is 3.92. The van der Waals surface area contributed by atoms with Gasteiger partial charge in [0, 0.05) is 24.2 Å². The molecule has 20 heavy (non-hydrogen) atoms. The summed E-state index contributed by atoms with van der Waals surface area (Å²) in [7, 11) is 0. The van der Waals surface area contributed by atoms with E-state index >= 15 is 0 Å². The minimum Gasteiger partial charge on any atom is -0.393 e. The Balaban J connectivity index is 2.22. The van der Waals surface area contributed by atoms with Gasteiger partial charge < -0.3 is 10.6 Å². The van der Waals surface area contributed by atoms with Gasteiger partial charge in [-0.3, -0.25) is 14.9 Å². The van der Waals surface area contributed by atoms with Crippen LogP contribution in [-0.4, -0.2) is 28.3 Å². The highest BCUT2D eigenvalue weighted by Crippen LogP contribution is 2.31. The number of nitrogens with two attached hydrogens (primary N) is 1. The van der Waals surface area contributed by atoms with Crippen LogP contribution in [0.5, 0.6) is 0 Å². The maximum atomic E-state index is 12.5. The van der Waals surface area contributed by atoms with Crippen molar-refractivity contribution in [2.24, 2.45) is 5.92 Å². The van der Waals surface area contributed by atoms with Gasteiger partial charge >= 0.3 is 0 Å². The third kappa shape index (κ3) is 3.07. The van der Waals surface area contributed by atoms with Gasteiger partial charge in [-0.1, -0.05) is 0 Å². The van der Waals surface area contributed by atoms with Crippen LogP contribution in [0.2, 0.25) is 0 Å². The van der Waals surface area contributed by atoms with Crippen LogP contribution in [0.15, 0.2) is 18.2 Å². The van der Waals surface area contributed by atoms with Gasteiger partial charge in [0.2, 0.25) is 0 Å². The lowest BCUT2D eigenvalue weighted by atomic mass is 10.1. The fraction of sp³-hybridized carbons (Fsp3) is 0.500. The van der Waals surface area contributed by atoms with Crippen LogP contribution in [0.3, 0.4) is 0 Å². The number of nitrogens with zero attached hydrogens (tertiary/aromatic N) is 2. The van der Waals surface area contributed by atoms with E-state index in [-0.39, 0.29) is 23.3 Å². The monoisotopic (exact) mass is 277 g/mol. The Labute approximate surface area is 117 Å². The second-order valence-electron chi connectivity index (χ2n) is 5.53. The van der Waals surface area contributed by atoms with Crippen molar-refractivity contribution in [3.63, 3.8) is 0 Å². The predicted octanol–water partition coefficient (Wildman–Crippen LogP) is 2.44. The molecule has 6 heteroatoms. The minimum atomic E-state index is -0.548. The van der Waals surface area contributed by atoms with Crippen LogP contribution in [-0.2, 0) is 0 Å². The van der Waals surface area contributed by atoms with Gasteiger partial charge in [-0.2, -0.15) is 0 Å². The summed E-state index contributed by atoms with van der Waals surface area (Å²) in [4.78, 5) is 24.5. The minimum absolute atomic E-state index is 0.0241. The molecule has 2 rings (SSSR count). The van der Waals surface area contributed by atoms with Crippen LogP contribution < -0.4 is 5.73 Å². The maximum Gasteiger partial charge on any atom is 0.292 e. The highest BCUT2D eigenvalue weighted by molar-refractivity contribution is 5.96. The second kappa shape index (κ2) is 5.48. The van der Waals surface area contributed by atoms with Gasteiger partial charge in [-0.15, -0.1) is 0 Å². The van der Waals surface area contributed by atoms with Crippen molar-refractivity contribution in [3.05, 3.63) is 33.9 Å². The molecule has 0 unspecified atom stereocenters. The zero-order valence-electron chi connectivity index (χ0n) is 11.7. The van der Waals surface area contributed by atoms with Crippen LogP contribution in [0.25, 0.3) is 0 Å². The Hall–Kier alpha value is -2.11. The van der Waals surface area contributed by atoms with Crippen molar-refractivity contribution in [2.75, 3.05) is 12.3 Å². The largest absolute Gasteiger partial charge is 0.393 e. The molecule has 2 N–H and O–H groups in total. The average Bonchev–Trinajstić information content (AvgIpc) is 3.18. The molecule has 6 nitrogen and oxygen atoms in total. The number of rotatable bonds is 5. The van der Waals surface area contributed by atoms with Crippen molar-refractivity contribution in [3.8, 4) is 0 Å². The summed E-state index contributed by atoms with van der Waals surface area (Å²) in [5.41, 5.74) is 5.90. The molecular weight excluding hydrogens is 258 g/mol. The molecule has 1 amide bonds. The van der Waals surface area contributed by atoms with Crippen LogP contribution in [0.4, 0.5) is 11.4 Å². The van der Waals surface area contributed by atoms with Crippen molar-refractivity contribution in [2.45, 2.75) is 32.7 Å². The average molecular weight is 277 g/mol. The Bertz CT molecular complexity index is 538. The molecule has 0 bridgehead atoms. The third-order valence-electron chi connectivity index (χ3n) is 3.51. The number of anilines is 1. The molecule has 0 atom stereocenters. The zero-order chi connectivity index (χ0) is 14.9. The Morgan fingerprint density at radius 1 is 1.50 bits per heavy atom. The fourth-order valence-electron chi connectivity index (χ4n) is 2.13.